The van der Waals surface area contributed by atoms with Crippen molar-refractivity contribution in [2.24, 2.45) is 0 Å². The SMILES string of the molecule is C=C1CN(c2ccc(N)cc2Br)C1. The molecular weight excluding hydrogens is 228 g/mol. The minimum atomic E-state index is 0.787. The molecule has 3 heteroatoms. The average molecular weight is 239 g/mol. The van der Waals surface area contributed by atoms with E-state index in [9.17, 15) is 0 Å². The van der Waals surface area contributed by atoms with Gasteiger partial charge in [-0.25, -0.2) is 0 Å². The van der Waals surface area contributed by atoms with E-state index >= 15 is 0 Å². The van der Waals surface area contributed by atoms with Gasteiger partial charge in [0.2, 0.25) is 0 Å². The number of nitrogens with zero attached hydrogens (tertiary/aromatic N) is 1. The fourth-order valence-corrected chi connectivity index (χ4v) is 2.09. The molecular formula is C10H11BrN2. The number of hydrogen-bond acceptors (Lipinski definition) is 2. The summed E-state index contributed by atoms with van der Waals surface area (Å²) in [6, 6.07) is 5.88. The highest BCUT2D eigenvalue weighted by Crippen LogP contribution is 2.32. The van der Waals surface area contributed by atoms with Gasteiger partial charge in [-0.05, 0) is 39.7 Å². The fraction of sp³-hybridized carbons (Fsp3) is 0.200. The van der Waals surface area contributed by atoms with E-state index in [0.717, 1.165) is 23.2 Å². The van der Waals surface area contributed by atoms with Crippen LogP contribution in [0, 0.1) is 0 Å². The molecule has 1 aliphatic heterocycles. The molecule has 1 heterocycles. The summed E-state index contributed by atoms with van der Waals surface area (Å²) in [7, 11) is 0. The molecule has 1 saturated heterocycles. The Balaban J connectivity index is 2.26. The van der Waals surface area contributed by atoms with Crippen molar-refractivity contribution >= 4 is 27.3 Å². The molecule has 0 spiro atoms. The Morgan fingerprint density at radius 3 is 2.62 bits per heavy atom. The lowest BCUT2D eigenvalue weighted by molar-refractivity contribution is 0.774. The molecule has 13 heavy (non-hydrogen) atoms. The minimum absolute atomic E-state index is 0.787. The minimum Gasteiger partial charge on any atom is -0.399 e. The molecule has 0 aromatic heterocycles. The van der Waals surface area contributed by atoms with Crippen molar-refractivity contribution in [1.82, 2.24) is 0 Å². The van der Waals surface area contributed by atoms with Crippen LogP contribution in [-0.4, -0.2) is 13.1 Å². The number of halogens is 1. The second kappa shape index (κ2) is 3.07. The molecule has 68 valence electrons. The van der Waals surface area contributed by atoms with Crippen LogP contribution >= 0.6 is 15.9 Å². The van der Waals surface area contributed by atoms with Gasteiger partial charge >= 0.3 is 0 Å². The van der Waals surface area contributed by atoms with Crippen LogP contribution in [-0.2, 0) is 0 Å². The van der Waals surface area contributed by atoms with E-state index < -0.39 is 0 Å². The first-order valence-electron chi connectivity index (χ1n) is 4.13. The zero-order chi connectivity index (χ0) is 9.42. The molecule has 1 aromatic rings. The topological polar surface area (TPSA) is 29.3 Å². The summed E-state index contributed by atoms with van der Waals surface area (Å²) in [5.74, 6) is 0. The van der Waals surface area contributed by atoms with Crippen LogP contribution in [0.5, 0.6) is 0 Å². The van der Waals surface area contributed by atoms with Crippen LogP contribution in [0.1, 0.15) is 0 Å². The van der Waals surface area contributed by atoms with E-state index in [2.05, 4.69) is 27.4 Å². The summed E-state index contributed by atoms with van der Waals surface area (Å²) in [6.45, 7) is 5.82. The van der Waals surface area contributed by atoms with Crippen molar-refractivity contribution in [3.63, 3.8) is 0 Å². The fourth-order valence-electron chi connectivity index (χ4n) is 1.44. The number of anilines is 2. The predicted octanol–water partition coefficient (Wildman–Crippen LogP) is 2.41. The third-order valence-corrected chi connectivity index (χ3v) is 2.78. The van der Waals surface area contributed by atoms with Crippen molar-refractivity contribution < 1.29 is 0 Å². The molecule has 1 fully saturated rings. The van der Waals surface area contributed by atoms with Crippen LogP contribution in [0.25, 0.3) is 0 Å². The Kier molecular flexibility index (Phi) is 2.04. The molecule has 2 rings (SSSR count). The van der Waals surface area contributed by atoms with Gasteiger partial charge in [0.1, 0.15) is 0 Å². The molecule has 1 aromatic carbocycles. The number of rotatable bonds is 1. The van der Waals surface area contributed by atoms with Gasteiger partial charge in [-0.3, -0.25) is 0 Å². The van der Waals surface area contributed by atoms with Crippen molar-refractivity contribution in [2.75, 3.05) is 23.7 Å². The third-order valence-electron chi connectivity index (χ3n) is 2.14. The van der Waals surface area contributed by atoms with Gasteiger partial charge in [-0.1, -0.05) is 6.58 Å². The first-order chi connectivity index (χ1) is 6.16. The molecule has 2 nitrogen and oxygen atoms in total. The number of hydrogen-bond donors (Lipinski definition) is 1. The van der Waals surface area contributed by atoms with E-state index in [1.165, 1.54) is 11.3 Å². The monoisotopic (exact) mass is 238 g/mol. The van der Waals surface area contributed by atoms with Crippen LogP contribution in [0.4, 0.5) is 11.4 Å². The Morgan fingerprint density at radius 2 is 2.08 bits per heavy atom. The van der Waals surface area contributed by atoms with Crippen LogP contribution in [0.15, 0.2) is 34.8 Å². The lowest BCUT2D eigenvalue weighted by atomic mass is 10.1. The summed E-state index contributed by atoms with van der Waals surface area (Å²) in [5.41, 5.74) is 8.91. The van der Waals surface area contributed by atoms with Gasteiger partial charge in [0.25, 0.3) is 0 Å². The highest BCUT2D eigenvalue weighted by Gasteiger charge is 2.19. The Morgan fingerprint density at radius 1 is 1.38 bits per heavy atom. The number of nitrogens with two attached hydrogens (primary N) is 1. The Labute approximate surface area is 86.2 Å². The molecule has 1 aliphatic rings. The van der Waals surface area contributed by atoms with Crippen molar-refractivity contribution in [1.29, 1.82) is 0 Å². The van der Waals surface area contributed by atoms with Gasteiger partial charge in [-0.2, -0.15) is 0 Å². The van der Waals surface area contributed by atoms with E-state index in [0.29, 0.717) is 0 Å². The molecule has 0 aliphatic carbocycles. The van der Waals surface area contributed by atoms with Crippen molar-refractivity contribution in [3.8, 4) is 0 Å². The van der Waals surface area contributed by atoms with E-state index in [4.69, 9.17) is 5.73 Å². The summed E-state index contributed by atoms with van der Waals surface area (Å²) in [4.78, 5) is 2.26. The zero-order valence-corrected chi connectivity index (χ0v) is 8.84. The number of nitrogen functional groups attached to an aromatic ring is 1. The second-order valence-corrected chi connectivity index (χ2v) is 4.17. The largest absolute Gasteiger partial charge is 0.399 e. The normalized spacial score (nSPS) is 15.8. The summed E-state index contributed by atoms with van der Waals surface area (Å²) in [6.07, 6.45) is 0. The first kappa shape index (κ1) is 8.63. The predicted molar refractivity (Wildman–Crippen MR) is 59.9 cm³/mol. The standard InChI is InChI=1S/C10H11BrN2/c1-7-5-13(6-7)10-3-2-8(12)4-9(10)11/h2-4H,1,5-6,12H2. The maximum Gasteiger partial charge on any atom is 0.0518 e. The smallest absolute Gasteiger partial charge is 0.0518 e. The second-order valence-electron chi connectivity index (χ2n) is 3.32. The van der Waals surface area contributed by atoms with Gasteiger partial charge in [-0.15, -0.1) is 0 Å². The average Bonchev–Trinajstić information content (AvgIpc) is 2.00. The quantitative estimate of drug-likeness (QED) is 0.602. The third kappa shape index (κ3) is 1.56. The van der Waals surface area contributed by atoms with E-state index in [1.807, 2.05) is 18.2 Å². The van der Waals surface area contributed by atoms with E-state index in [1.54, 1.807) is 0 Å². The first-order valence-corrected chi connectivity index (χ1v) is 4.93. The molecule has 2 N–H and O–H groups in total. The maximum absolute atomic E-state index is 5.65. The maximum atomic E-state index is 5.65. The van der Waals surface area contributed by atoms with Crippen LogP contribution in [0.2, 0.25) is 0 Å². The lowest BCUT2D eigenvalue weighted by Crippen LogP contribution is -2.39. The van der Waals surface area contributed by atoms with Crippen LogP contribution in [0.3, 0.4) is 0 Å². The molecule has 0 atom stereocenters. The summed E-state index contributed by atoms with van der Waals surface area (Å²) in [5, 5.41) is 0. The molecule has 0 radical (unpaired) electrons. The molecule has 0 unspecified atom stereocenters. The summed E-state index contributed by atoms with van der Waals surface area (Å²) >= 11 is 3.49. The number of benzene rings is 1. The van der Waals surface area contributed by atoms with E-state index in [-0.39, 0.29) is 0 Å². The highest BCUT2D eigenvalue weighted by molar-refractivity contribution is 9.10. The van der Waals surface area contributed by atoms with Crippen molar-refractivity contribution in [3.05, 3.63) is 34.8 Å². The lowest BCUT2D eigenvalue weighted by Gasteiger charge is -2.36. The van der Waals surface area contributed by atoms with Crippen LogP contribution < -0.4 is 10.6 Å². The highest BCUT2D eigenvalue weighted by atomic mass is 79.9. The Hall–Kier alpha value is -0.960. The van der Waals surface area contributed by atoms with Gasteiger partial charge < -0.3 is 10.6 Å². The van der Waals surface area contributed by atoms with Gasteiger partial charge in [0, 0.05) is 23.2 Å². The molecule has 0 bridgehead atoms. The zero-order valence-electron chi connectivity index (χ0n) is 7.26. The summed E-state index contributed by atoms with van der Waals surface area (Å²) < 4.78 is 1.06. The molecule has 0 amide bonds. The Bertz CT molecular complexity index is 352. The van der Waals surface area contributed by atoms with Crippen molar-refractivity contribution in [2.45, 2.75) is 0 Å². The van der Waals surface area contributed by atoms with Gasteiger partial charge in [0.05, 0.1) is 5.69 Å². The van der Waals surface area contributed by atoms with Gasteiger partial charge in [0.15, 0.2) is 0 Å². The molecule has 0 saturated carbocycles.